The van der Waals surface area contributed by atoms with Crippen molar-refractivity contribution in [1.29, 1.82) is 0 Å². The van der Waals surface area contributed by atoms with E-state index in [4.69, 9.17) is 0 Å². The van der Waals surface area contributed by atoms with Gasteiger partial charge in [-0.05, 0) is 26.7 Å². The van der Waals surface area contributed by atoms with Gasteiger partial charge in [-0.25, -0.2) is 0 Å². The van der Waals surface area contributed by atoms with Crippen LogP contribution in [0.2, 0.25) is 0 Å². The molecule has 3 aromatic carbocycles. The van der Waals surface area contributed by atoms with Crippen molar-refractivity contribution in [2.75, 3.05) is 0 Å². The van der Waals surface area contributed by atoms with Crippen LogP contribution in [0.3, 0.4) is 0 Å². The van der Waals surface area contributed by atoms with Crippen LogP contribution in [0.15, 0.2) is 54.6 Å². The smallest absolute Gasteiger partial charge is 0.188 e. The first-order chi connectivity index (χ1) is 7.90. The van der Waals surface area contributed by atoms with Crippen LogP contribution in [0.1, 0.15) is 0 Å². The second-order valence-electron chi connectivity index (χ2n) is 3.96. The van der Waals surface area contributed by atoms with Crippen molar-refractivity contribution >= 4 is 36.5 Å². The Balaban J connectivity index is 2.52. The lowest BCUT2D eigenvalue weighted by Gasteiger charge is -2.06. The zero-order valence-corrected chi connectivity index (χ0v) is 10.3. The summed E-state index contributed by atoms with van der Waals surface area (Å²) in [5, 5.41) is 6.10. The normalized spacial score (nSPS) is 11.8. The average Bonchev–Trinajstić information content (AvgIpc) is 2.37. The van der Waals surface area contributed by atoms with Gasteiger partial charge in [0, 0.05) is 0 Å². The van der Waals surface area contributed by atoms with Crippen molar-refractivity contribution in [2.45, 2.75) is 0 Å². The van der Waals surface area contributed by atoms with Crippen LogP contribution in [0.5, 0.6) is 0 Å². The van der Waals surface area contributed by atoms with E-state index in [1.807, 2.05) is 12.1 Å². The molecule has 1 nitrogen and oxygen atoms in total. The Morgan fingerprint density at radius 2 is 1.50 bits per heavy atom. The van der Waals surface area contributed by atoms with E-state index in [0.717, 1.165) is 5.19 Å². The van der Waals surface area contributed by atoms with Crippen LogP contribution < -0.4 is 5.19 Å². The zero-order valence-electron chi connectivity index (χ0n) is 8.85. The monoisotopic (exact) mass is 224 g/mol. The molecule has 0 fully saturated rings. The van der Waals surface area contributed by atoms with E-state index in [1.54, 1.807) is 0 Å². The molecule has 0 saturated heterocycles. The van der Waals surface area contributed by atoms with Crippen LogP contribution in [-0.4, -0.2) is 14.6 Å². The summed E-state index contributed by atoms with van der Waals surface area (Å²) in [4.78, 5) is 9.45. The predicted molar refractivity (Wildman–Crippen MR) is 71.9 cm³/mol. The summed E-state index contributed by atoms with van der Waals surface area (Å²) >= 11 is 0. The molecule has 0 atom stereocenters. The molecule has 78 valence electrons. The Kier molecular flexibility index (Phi) is 2.24. The third kappa shape index (κ3) is 1.35. The minimum absolute atomic E-state index is 1.10. The van der Waals surface area contributed by atoms with E-state index in [0.29, 0.717) is 0 Å². The second kappa shape index (κ2) is 3.74. The van der Waals surface area contributed by atoms with Crippen LogP contribution in [-0.2, 0) is 0 Å². The molecule has 0 bridgehead atoms. The van der Waals surface area contributed by atoms with Gasteiger partial charge in [-0.15, -0.1) is 0 Å². The van der Waals surface area contributed by atoms with Gasteiger partial charge < -0.3 is 4.80 Å². The third-order valence-electron chi connectivity index (χ3n) is 3.05. The van der Waals surface area contributed by atoms with Gasteiger partial charge in [0.15, 0.2) is 9.76 Å². The minimum atomic E-state index is -1.10. The van der Waals surface area contributed by atoms with Crippen molar-refractivity contribution < 1.29 is 4.80 Å². The molecule has 0 amide bonds. The van der Waals surface area contributed by atoms with E-state index in [9.17, 15) is 4.80 Å². The quantitative estimate of drug-likeness (QED) is 0.493. The topological polar surface area (TPSA) is 20.2 Å². The van der Waals surface area contributed by atoms with E-state index >= 15 is 0 Å². The second-order valence-corrected chi connectivity index (χ2v) is 5.04. The molecule has 3 rings (SSSR count). The summed E-state index contributed by atoms with van der Waals surface area (Å²) in [6.07, 6.45) is 0. The fourth-order valence-corrected chi connectivity index (χ4v) is 2.96. The molecule has 0 aromatic heterocycles. The maximum atomic E-state index is 9.45. The molecule has 0 aliphatic heterocycles. The van der Waals surface area contributed by atoms with Crippen molar-refractivity contribution in [1.82, 2.24) is 0 Å². The Labute approximate surface area is 96.3 Å². The minimum Gasteiger partial charge on any atom is -0.433 e. The molecule has 0 unspecified atom stereocenters. The molecule has 0 aliphatic rings. The SMILES string of the molecule is O[SiH2]c1cccc2c1ccc1ccccc12. The summed E-state index contributed by atoms with van der Waals surface area (Å²) in [6, 6.07) is 18.8. The molecule has 0 aliphatic carbocycles. The molecule has 0 spiro atoms. The fraction of sp³-hybridized carbons (Fsp3) is 0. The standard InChI is InChI=1S/C14H12OSi/c15-16-14-7-3-6-12-11-5-2-1-4-10(11)8-9-13(12)14/h1-9,15H,16H2. The van der Waals surface area contributed by atoms with Crippen LogP contribution >= 0.6 is 0 Å². The summed E-state index contributed by atoms with van der Waals surface area (Å²) in [6.45, 7) is 0. The maximum absolute atomic E-state index is 9.45. The maximum Gasteiger partial charge on any atom is 0.188 e. The number of fused-ring (bicyclic) bond motifs is 3. The molecular formula is C14H12OSi. The first kappa shape index (κ1) is 9.57. The lowest BCUT2D eigenvalue weighted by atomic mass is 10.0. The van der Waals surface area contributed by atoms with Crippen molar-refractivity contribution in [3.8, 4) is 0 Å². The van der Waals surface area contributed by atoms with Crippen LogP contribution in [0, 0.1) is 0 Å². The lowest BCUT2D eigenvalue weighted by Crippen LogP contribution is -2.13. The Morgan fingerprint density at radius 3 is 2.38 bits per heavy atom. The molecule has 1 N–H and O–H groups in total. The number of benzene rings is 3. The molecule has 0 saturated carbocycles. The number of hydrogen-bond acceptors (Lipinski definition) is 1. The first-order valence-corrected chi connectivity index (χ1v) is 6.74. The number of hydrogen-bond donors (Lipinski definition) is 1. The van der Waals surface area contributed by atoms with Gasteiger partial charge in [-0.3, -0.25) is 0 Å². The fourth-order valence-electron chi connectivity index (χ4n) is 2.24. The Morgan fingerprint density at radius 1 is 0.688 bits per heavy atom. The van der Waals surface area contributed by atoms with Crippen molar-refractivity contribution in [3.63, 3.8) is 0 Å². The van der Waals surface area contributed by atoms with Gasteiger partial charge in [-0.1, -0.05) is 54.6 Å². The Bertz CT molecular complexity index is 661. The third-order valence-corrected chi connectivity index (χ3v) is 4.00. The Hall–Kier alpha value is -1.64. The van der Waals surface area contributed by atoms with Gasteiger partial charge in [0.05, 0.1) is 0 Å². The van der Waals surface area contributed by atoms with E-state index in [1.165, 1.54) is 21.5 Å². The summed E-state index contributed by atoms with van der Waals surface area (Å²) in [7, 11) is -1.10. The molecular weight excluding hydrogens is 212 g/mol. The highest BCUT2D eigenvalue weighted by atomic mass is 28.2. The highest BCUT2D eigenvalue weighted by molar-refractivity contribution is 6.50. The van der Waals surface area contributed by atoms with Gasteiger partial charge in [0.25, 0.3) is 0 Å². The predicted octanol–water partition coefficient (Wildman–Crippen LogP) is 1.69. The molecule has 0 heterocycles. The lowest BCUT2D eigenvalue weighted by molar-refractivity contribution is 0.616. The highest BCUT2D eigenvalue weighted by Gasteiger charge is 2.03. The van der Waals surface area contributed by atoms with Gasteiger partial charge >= 0.3 is 0 Å². The molecule has 2 heteroatoms. The summed E-state index contributed by atoms with van der Waals surface area (Å²) < 4.78 is 0. The number of rotatable bonds is 1. The van der Waals surface area contributed by atoms with Gasteiger partial charge in [0.2, 0.25) is 0 Å². The summed E-state index contributed by atoms with van der Waals surface area (Å²) in [5.74, 6) is 0. The van der Waals surface area contributed by atoms with E-state index in [2.05, 4.69) is 42.5 Å². The molecule has 0 radical (unpaired) electrons. The highest BCUT2D eigenvalue weighted by Crippen LogP contribution is 2.23. The van der Waals surface area contributed by atoms with Gasteiger partial charge in [0.1, 0.15) is 0 Å². The molecule has 16 heavy (non-hydrogen) atoms. The summed E-state index contributed by atoms with van der Waals surface area (Å²) in [5.41, 5.74) is 0. The zero-order chi connectivity index (χ0) is 11.0. The van der Waals surface area contributed by atoms with Crippen molar-refractivity contribution in [2.24, 2.45) is 0 Å². The van der Waals surface area contributed by atoms with Crippen LogP contribution in [0.4, 0.5) is 0 Å². The largest absolute Gasteiger partial charge is 0.433 e. The molecule has 3 aromatic rings. The van der Waals surface area contributed by atoms with Crippen molar-refractivity contribution in [3.05, 3.63) is 54.6 Å². The average molecular weight is 224 g/mol. The van der Waals surface area contributed by atoms with Crippen LogP contribution in [0.25, 0.3) is 21.5 Å². The van der Waals surface area contributed by atoms with Gasteiger partial charge in [-0.2, -0.15) is 0 Å². The first-order valence-electron chi connectivity index (χ1n) is 5.40. The van der Waals surface area contributed by atoms with E-state index in [-0.39, 0.29) is 0 Å². The van der Waals surface area contributed by atoms with E-state index < -0.39 is 9.76 Å².